The minimum atomic E-state index is -0.763. The lowest BCUT2D eigenvalue weighted by Gasteiger charge is -2.51. The summed E-state index contributed by atoms with van der Waals surface area (Å²) >= 11 is 1.39. The molecule has 1 N–H and O–H groups in total. The number of rotatable bonds is 8. The van der Waals surface area contributed by atoms with Gasteiger partial charge in [0, 0.05) is 7.11 Å². The van der Waals surface area contributed by atoms with E-state index in [0.29, 0.717) is 5.57 Å². The third-order valence-electron chi connectivity index (χ3n) is 6.91. The highest BCUT2D eigenvalue weighted by molar-refractivity contribution is 8.00. The smallest absolute Gasteiger partial charge is 0.356 e. The summed E-state index contributed by atoms with van der Waals surface area (Å²) in [5.41, 5.74) is 3.90. The van der Waals surface area contributed by atoms with E-state index in [9.17, 15) is 14.4 Å². The van der Waals surface area contributed by atoms with Crippen LogP contribution in [0, 0.1) is 6.92 Å². The summed E-state index contributed by atoms with van der Waals surface area (Å²) in [6.07, 6.45) is -0.495. The van der Waals surface area contributed by atoms with E-state index >= 15 is 0 Å². The van der Waals surface area contributed by atoms with E-state index in [1.54, 1.807) is 14.0 Å². The van der Waals surface area contributed by atoms with Crippen LogP contribution in [0.3, 0.4) is 0 Å². The molecule has 3 aromatic rings. The largest absolute Gasteiger partial charge is 0.448 e. The van der Waals surface area contributed by atoms with Crippen LogP contribution in [0.2, 0.25) is 0 Å². The molecule has 0 aromatic heterocycles. The van der Waals surface area contributed by atoms with Gasteiger partial charge in [0.1, 0.15) is 22.5 Å². The molecule has 8 heteroatoms. The lowest BCUT2D eigenvalue weighted by molar-refractivity contribution is -0.155. The van der Waals surface area contributed by atoms with Gasteiger partial charge in [0.05, 0.1) is 6.42 Å². The Morgan fingerprint density at radius 1 is 0.923 bits per heavy atom. The standard InChI is InChI=1S/C31H30N2O5S/c1-19-14-16-21(17-15-19)18-24(34)32-25-28(35)33-26(20(2)31(37-3)39-29(25)33)30(36)38-27(22-10-6-4-7-11-22)23-12-8-5-9-13-23/h4-17,25,27,29,31H,18H2,1-3H3,(H,32,34)/t25-,29-,31-/m0/s1. The van der Waals surface area contributed by atoms with Crippen molar-refractivity contribution in [3.8, 4) is 0 Å². The number of benzene rings is 3. The van der Waals surface area contributed by atoms with E-state index < -0.39 is 28.9 Å². The van der Waals surface area contributed by atoms with E-state index in [0.717, 1.165) is 22.3 Å². The fourth-order valence-corrected chi connectivity index (χ4v) is 6.21. The number of ether oxygens (including phenoxy) is 2. The minimum absolute atomic E-state index is 0.161. The van der Waals surface area contributed by atoms with Crippen molar-refractivity contribution < 1.29 is 23.9 Å². The Labute approximate surface area is 232 Å². The number of nitrogens with zero attached hydrogens (tertiary/aromatic N) is 1. The molecule has 200 valence electrons. The van der Waals surface area contributed by atoms with Crippen molar-refractivity contribution >= 4 is 29.5 Å². The monoisotopic (exact) mass is 542 g/mol. The van der Waals surface area contributed by atoms with E-state index in [1.165, 1.54) is 16.7 Å². The molecule has 0 bridgehead atoms. The van der Waals surface area contributed by atoms with Crippen LogP contribution in [0.15, 0.2) is 96.2 Å². The minimum Gasteiger partial charge on any atom is -0.448 e. The van der Waals surface area contributed by atoms with E-state index in [4.69, 9.17) is 9.47 Å². The molecule has 3 aromatic carbocycles. The Hall–Kier alpha value is -3.88. The summed E-state index contributed by atoms with van der Waals surface area (Å²) in [6.45, 7) is 3.75. The SMILES string of the molecule is CO[C@H]1S[C@H]2[C@@H](NC(=O)Cc3ccc(C)cc3)C(=O)N2C(C(=O)OC(c2ccccc2)c2ccccc2)=C1C. The zero-order valence-electron chi connectivity index (χ0n) is 22.0. The number of thioether (sulfide) groups is 1. The predicted molar refractivity (Wildman–Crippen MR) is 149 cm³/mol. The van der Waals surface area contributed by atoms with Gasteiger partial charge in [0.15, 0.2) is 6.10 Å². The molecule has 0 unspecified atom stereocenters. The quantitative estimate of drug-likeness (QED) is 0.333. The maximum Gasteiger partial charge on any atom is 0.356 e. The van der Waals surface area contributed by atoms with Crippen LogP contribution < -0.4 is 5.32 Å². The van der Waals surface area contributed by atoms with E-state index in [1.807, 2.05) is 91.9 Å². The Morgan fingerprint density at radius 2 is 1.51 bits per heavy atom. The summed E-state index contributed by atoms with van der Waals surface area (Å²) < 4.78 is 11.7. The number of β-lactam (4-membered cyclic amide) rings is 1. The number of aryl methyl sites for hydroxylation is 1. The second-order valence-electron chi connectivity index (χ2n) is 9.65. The van der Waals surface area contributed by atoms with Gasteiger partial charge in [0.2, 0.25) is 5.91 Å². The first-order valence-corrected chi connectivity index (χ1v) is 13.7. The molecule has 0 spiro atoms. The number of carbonyl (C=O) groups is 3. The number of fused-ring (bicyclic) bond motifs is 1. The van der Waals surface area contributed by atoms with Gasteiger partial charge >= 0.3 is 5.97 Å². The van der Waals surface area contributed by atoms with Crippen LogP contribution in [0.5, 0.6) is 0 Å². The number of hydrogen-bond acceptors (Lipinski definition) is 6. The van der Waals surface area contributed by atoms with Gasteiger partial charge in [-0.3, -0.25) is 14.5 Å². The highest BCUT2D eigenvalue weighted by Crippen LogP contribution is 2.45. The number of methoxy groups -OCH3 is 1. The van der Waals surface area contributed by atoms with Crippen LogP contribution in [0.25, 0.3) is 0 Å². The van der Waals surface area contributed by atoms with Crippen LogP contribution in [-0.4, -0.2) is 46.6 Å². The summed E-state index contributed by atoms with van der Waals surface area (Å²) in [6, 6.07) is 25.9. The molecule has 0 aliphatic carbocycles. The molecule has 3 atom stereocenters. The Balaban J connectivity index is 1.36. The first-order chi connectivity index (χ1) is 18.9. The third kappa shape index (κ3) is 5.48. The van der Waals surface area contributed by atoms with Crippen molar-refractivity contribution in [3.63, 3.8) is 0 Å². The Kier molecular flexibility index (Phi) is 7.86. The normalized spacial score (nSPS) is 20.4. The molecule has 2 heterocycles. The molecule has 0 radical (unpaired) electrons. The maximum absolute atomic E-state index is 13.7. The van der Waals surface area contributed by atoms with Crippen LogP contribution >= 0.6 is 11.8 Å². The zero-order chi connectivity index (χ0) is 27.5. The van der Waals surface area contributed by atoms with E-state index in [2.05, 4.69) is 5.32 Å². The summed E-state index contributed by atoms with van der Waals surface area (Å²) in [5, 5.41) is 2.37. The highest BCUT2D eigenvalue weighted by Gasteiger charge is 2.56. The molecule has 5 rings (SSSR count). The summed E-state index contributed by atoms with van der Waals surface area (Å²) in [5.74, 6) is -1.22. The fourth-order valence-electron chi connectivity index (χ4n) is 4.86. The average molecular weight is 543 g/mol. The molecule has 7 nitrogen and oxygen atoms in total. The zero-order valence-corrected chi connectivity index (χ0v) is 22.8. The summed E-state index contributed by atoms with van der Waals surface area (Å²) in [4.78, 5) is 41.3. The van der Waals surface area contributed by atoms with Gasteiger partial charge in [-0.25, -0.2) is 4.79 Å². The highest BCUT2D eigenvalue weighted by atomic mass is 32.2. The lowest BCUT2D eigenvalue weighted by Crippen LogP contribution is -2.71. The summed E-state index contributed by atoms with van der Waals surface area (Å²) in [7, 11) is 1.56. The van der Waals surface area contributed by atoms with Gasteiger partial charge < -0.3 is 14.8 Å². The Morgan fingerprint density at radius 3 is 2.08 bits per heavy atom. The van der Waals surface area contributed by atoms with Crippen LogP contribution in [0.4, 0.5) is 0 Å². The van der Waals surface area contributed by atoms with Crippen LogP contribution in [-0.2, 0) is 30.3 Å². The van der Waals surface area contributed by atoms with Crippen molar-refractivity contribution in [3.05, 3.63) is 118 Å². The van der Waals surface area contributed by atoms with Crippen LogP contribution in [0.1, 0.15) is 35.3 Å². The fraction of sp³-hybridized carbons (Fsp3) is 0.258. The van der Waals surface area contributed by atoms with Crippen molar-refractivity contribution in [1.82, 2.24) is 10.2 Å². The number of nitrogens with one attached hydrogen (secondary N) is 1. The molecule has 2 aliphatic rings. The first-order valence-electron chi connectivity index (χ1n) is 12.7. The van der Waals surface area contributed by atoms with Gasteiger partial charge in [0.25, 0.3) is 5.91 Å². The maximum atomic E-state index is 13.7. The lowest BCUT2D eigenvalue weighted by atomic mass is 10.0. The average Bonchev–Trinajstić information content (AvgIpc) is 2.96. The first kappa shape index (κ1) is 26.7. The molecule has 39 heavy (non-hydrogen) atoms. The molecular formula is C31H30N2O5S. The predicted octanol–water partition coefficient (Wildman–Crippen LogP) is 4.52. The second kappa shape index (κ2) is 11.5. The van der Waals surface area contributed by atoms with Gasteiger partial charge in [-0.15, -0.1) is 0 Å². The van der Waals surface area contributed by atoms with Crippen molar-refractivity contribution in [2.75, 3.05) is 7.11 Å². The molecule has 2 aliphatic heterocycles. The number of amides is 2. The molecular weight excluding hydrogens is 512 g/mol. The topological polar surface area (TPSA) is 84.9 Å². The van der Waals surface area contributed by atoms with E-state index in [-0.39, 0.29) is 23.9 Å². The Bertz CT molecular complexity index is 1350. The number of hydrogen-bond donors (Lipinski definition) is 1. The number of carbonyl (C=O) groups excluding carboxylic acids is 3. The van der Waals surface area contributed by atoms with Gasteiger partial charge in [-0.05, 0) is 36.1 Å². The van der Waals surface area contributed by atoms with Crippen molar-refractivity contribution in [2.24, 2.45) is 0 Å². The molecule has 1 saturated heterocycles. The number of esters is 1. The molecule has 2 amide bonds. The molecule has 1 fully saturated rings. The van der Waals surface area contributed by atoms with Gasteiger partial charge in [-0.1, -0.05) is 102 Å². The van der Waals surface area contributed by atoms with Gasteiger partial charge in [-0.2, -0.15) is 0 Å². The third-order valence-corrected chi connectivity index (χ3v) is 8.47. The molecule has 0 saturated carbocycles. The second-order valence-corrected chi connectivity index (χ2v) is 10.8. The van der Waals surface area contributed by atoms with Crippen molar-refractivity contribution in [2.45, 2.75) is 43.2 Å². The van der Waals surface area contributed by atoms with Crippen molar-refractivity contribution in [1.29, 1.82) is 0 Å².